The third kappa shape index (κ3) is 2.87. The fraction of sp³-hybridized carbons (Fsp3) is 0.417. The first-order valence-electron chi connectivity index (χ1n) is 5.41. The molecule has 2 rings (SSSR count). The van der Waals surface area contributed by atoms with E-state index in [0.717, 1.165) is 25.9 Å². The number of rotatable bonds is 1. The minimum absolute atomic E-state index is 0. The van der Waals surface area contributed by atoms with Gasteiger partial charge in [-0.15, -0.1) is 12.4 Å². The fourth-order valence-electron chi connectivity index (χ4n) is 2.05. The highest BCUT2D eigenvalue weighted by Gasteiger charge is 2.21. The normalized spacial score (nSPS) is 16.2. The van der Waals surface area contributed by atoms with E-state index in [1.807, 2.05) is 11.0 Å². The molecule has 92 valence electrons. The van der Waals surface area contributed by atoms with Gasteiger partial charge in [-0.05, 0) is 25.0 Å². The quantitative estimate of drug-likeness (QED) is 0.836. The van der Waals surface area contributed by atoms with Crippen LogP contribution in [0.1, 0.15) is 18.4 Å². The molecule has 0 radical (unpaired) electrons. The highest BCUT2D eigenvalue weighted by atomic mass is 35.5. The molecule has 0 spiro atoms. The summed E-state index contributed by atoms with van der Waals surface area (Å²) in [4.78, 5) is 1.91. The van der Waals surface area contributed by atoms with Crippen LogP contribution in [0.3, 0.4) is 0 Å². The van der Waals surface area contributed by atoms with E-state index < -0.39 is 0 Å². The van der Waals surface area contributed by atoms with E-state index >= 15 is 0 Å². The molecule has 0 atom stereocenters. The zero-order chi connectivity index (χ0) is 11.5. The molecule has 5 heteroatoms. The third-order valence-electron chi connectivity index (χ3n) is 2.96. The summed E-state index contributed by atoms with van der Waals surface area (Å²) in [5.74, 6) is -0.325. The maximum absolute atomic E-state index is 13.7. The van der Waals surface area contributed by atoms with Crippen LogP contribution < -0.4 is 10.6 Å². The zero-order valence-corrected chi connectivity index (χ0v) is 10.2. The third-order valence-corrected chi connectivity index (χ3v) is 2.96. The van der Waals surface area contributed by atoms with Gasteiger partial charge in [-0.2, -0.15) is 5.26 Å². The van der Waals surface area contributed by atoms with Crippen molar-refractivity contribution >= 4 is 18.1 Å². The van der Waals surface area contributed by atoms with Gasteiger partial charge in [-0.25, -0.2) is 4.39 Å². The fourth-order valence-corrected chi connectivity index (χ4v) is 2.05. The van der Waals surface area contributed by atoms with Crippen molar-refractivity contribution in [3.05, 3.63) is 29.6 Å². The summed E-state index contributed by atoms with van der Waals surface area (Å²) >= 11 is 0. The highest BCUT2D eigenvalue weighted by Crippen LogP contribution is 2.26. The van der Waals surface area contributed by atoms with Gasteiger partial charge in [-0.3, -0.25) is 0 Å². The maximum atomic E-state index is 13.7. The van der Waals surface area contributed by atoms with Crippen molar-refractivity contribution in [2.75, 3.05) is 18.0 Å². The monoisotopic (exact) mass is 255 g/mol. The van der Waals surface area contributed by atoms with Gasteiger partial charge in [0.25, 0.3) is 0 Å². The predicted octanol–water partition coefficient (Wildman–Crippen LogP) is 2.05. The van der Waals surface area contributed by atoms with E-state index in [0.29, 0.717) is 11.3 Å². The number of nitriles is 1. The van der Waals surface area contributed by atoms with Crippen molar-refractivity contribution in [2.45, 2.75) is 18.9 Å². The SMILES string of the molecule is Cl.N#Cc1cccc(F)c1N1CCC(N)CC1. The molecule has 1 aliphatic heterocycles. The molecule has 17 heavy (non-hydrogen) atoms. The highest BCUT2D eigenvalue weighted by molar-refractivity contribution is 5.85. The number of piperidine rings is 1. The van der Waals surface area contributed by atoms with Crippen LogP contribution in [0, 0.1) is 17.1 Å². The van der Waals surface area contributed by atoms with Crippen LogP contribution in [0.4, 0.5) is 10.1 Å². The Bertz CT molecular complexity index is 422. The van der Waals surface area contributed by atoms with Crippen molar-refractivity contribution in [3.63, 3.8) is 0 Å². The summed E-state index contributed by atoms with van der Waals surface area (Å²) in [7, 11) is 0. The Morgan fingerprint density at radius 1 is 1.35 bits per heavy atom. The van der Waals surface area contributed by atoms with E-state index in [1.54, 1.807) is 12.1 Å². The minimum Gasteiger partial charge on any atom is -0.368 e. The summed E-state index contributed by atoms with van der Waals surface area (Å²) in [5.41, 5.74) is 6.62. The van der Waals surface area contributed by atoms with Crippen LogP contribution >= 0.6 is 12.4 Å². The van der Waals surface area contributed by atoms with Crippen LogP contribution in [-0.2, 0) is 0 Å². The molecule has 1 heterocycles. The molecule has 0 bridgehead atoms. The molecule has 0 saturated carbocycles. The number of nitrogens with zero attached hydrogens (tertiary/aromatic N) is 2. The van der Waals surface area contributed by atoms with Gasteiger partial charge in [0.2, 0.25) is 0 Å². The Labute approximate surface area is 106 Å². The van der Waals surface area contributed by atoms with E-state index in [4.69, 9.17) is 11.0 Å². The summed E-state index contributed by atoms with van der Waals surface area (Å²) < 4.78 is 13.7. The summed E-state index contributed by atoms with van der Waals surface area (Å²) in [6.45, 7) is 1.44. The molecule has 0 aromatic heterocycles. The molecular formula is C12H15ClFN3. The first-order chi connectivity index (χ1) is 7.72. The first-order valence-corrected chi connectivity index (χ1v) is 5.41. The molecular weight excluding hydrogens is 241 g/mol. The molecule has 1 saturated heterocycles. The van der Waals surface area contributed by atoms with Crippen molar-refractivity contribution in [2.24, 2.45) is 5.73 Å². The smallest absolute Gasteiger partial charge is 0.147 e. The Balaban J connectivity index is 0.00000144. The van der Waals surface area contributed by atoms with Gasteiger partial charge in [-0.1, -0.05) is 6.07 Å². The standard InChI is InChI=1S/C12H14FN3.ClH/c13-11-3-1-2-9(8-14)12(11)16-6-4-10(15)5-7-16;/h1-3,10H,4-7,15H2;1H. The van der Waals surface area contributed by atoms with Crippen molar-refractivity contribution in [3.8, 4) is 6.07 Å². The van der Waals surface area contributed by atoms with Gasteiger partial charge in [0, 0.05) is 19.1 Å². The second-order valence-corrected chi connectivity index (χ2v) is 4.07. The topological polar surface area (TPSA) is 53.0 Å². The lowest BCUT2D eigenvalue weighted by Crippen LogP contribution is -2.40. The lowest BCUT2D eigenvalue weighted by molar-refractivity contribution is 0.493. The number of hydrogen-bond acceptors (Lipinski definition) is 3. The van der Waals surface area contributed by atoms with E-state index in [2.05, 4.69) is 0 Å². The second kappa shape index (κ2) is 5.85. The van der Waals surface area contributed by atoms with Crippen molar-refractivity contribution in [1.82, 2.24) is 0 Å². The number of nitrogens with two attached hydrogens (primary N) is 1. The number of halogens is 2. The Hall–Kier alpha value is -1.31. The number of anilines is 1. The van der Waals surface area contributed by atoms with Crippen LogP contribution in [0.15, 0.2) is 18.2 Å². The van der Waals surface area contributed by atoms with Gasteiger partial charge in [0.1, 0.15) is 11.9 Å². The summed E-state index contributed by atoms with van der Waals surface area (Å²) in [6, 6.07) is 6.84. The summed E-state index contributed by atoms with van der Waals surface area (Å²) in [6.07, 6.45) is 1.69. The Morgan fingerprint density at radius 3 is 2.59 bits per heavy atom. The summed E-state index contributed by atoms with van der Waals surface area (Å²) in [5, 5.41) is 8.96. The molecule has 1 aromatic carbocycles. The average molecular weight is 256 g/mol. The van der Waals surface area contributed by atoms with Crippen LogP contribution in [0.5, 0.6) is 0 Å². The van der Waals surface area contributed by atoms with E-state index in [9.17, 15) is 4.39 Å². The van der Waals surface area contributed by atoms with Gasteiger partial charge < -0.3 is 10.6 Å². The molecule has 0 aliphatic carbocycles. The van der Waals surface area contributed by atoms with Crippen LogP contribution in [-0.4, -0.2) is 19.1 Å². The lowest BCUT2D eigenvalue weighted by Gasteiger charge is -2.32. The number of para-hydroxylation sites is 1. The minimum atomic E-state index is -0.325. The molecule has 0 unspecified atom stereocenters. The molecule has 2 N–H and O–H groups in total. The Kier molecular flexibility index (Phi) is 4.73. The van der Waals surface area contributed by atoms with E-state index in [-0.39, 0.29) is 24.3 Å². The molecule has 1 fully saturated rings. The molecule has 0 amide bonds. The molecule has 1 aromatic rings. The van der Waals surface area contributed by atoms with Crippen molar-refractivity contribution < 1.29 is 4.39 Å². The van der Waals surface area contributed by atoms with Gasteiger partial charge in [0.05, 0.1) is 11.3 Å². The average Bonchev–Trinajstić information content (AvgIpc) is 2.30. The number of hydrogen-bond donors (Lipinski definition) is 1. The maximum Gasteiger partial charge on any atom is 0.147 e. The molecule has 1 aliphatic rings. The largest absolute Gasteiger partial charge is 0.368 e. The van der Waals surface area contributed by atoms with Crippen LogP contribution in [0.25, 0.3) is 0 Å². The molecule has 3 nitrogen and oxygen atoms in total. The van der Waals surface area contributed by atoms with E-state index in [1.165, 1.54) is 6.07 Å². The van der Waals surface area contributed by atoms with Gasteiger partial charge in [0.15, 0.2) is 0 Å². The zero-order valence-electron chi connectivity index (χ0n) is 9.40. The lowest BCUT2D eigenvalue weighted by atomic mass is 10.0. The predicted molar refractivity (Wildman–Crippen MR) is 67.8 cm³/mol. The van der Waals surface area contributed by atoms with Crippen molar-refractivity contribution in [1.29, 1.82) is 5.26 Å². The number of benzene rings is 1. The Morgan fingerprint density at radius 2 is 2.00 bits per heavy atom. The van der Waals surface area contributed by atoms with Crippen LogP contribution in [0.2, 0.25) is 0 Å². The second-order valence-electron chi connectivity index (χ2n) is 4.07. The first kappa shape index (κ1) is 13.8. The van der Waals surface area contributed by atoms with Gasteiger partial charge >= 0.3 is 0 Å².